The zero-order chi connectivity index (χ0) is 62.8. The molecular weight excluding hydrogens is 1140 g/mol. The SMILES string of the molecule is C1=CCC(N(c2ccc(-c3ccc(-c4ccc(N(c5ccccc5)c5ccc(-c6ccc(N(c7ccccc7)c7ccc(-c8ccccc8)cc7)cc6)cc5)cc4)cc3)cc2)c2ccc(-c3ccc(N(c4ccccc4)c4ccc(-c5ccccc5)cc4)cc3)cc2)C=C1. The van der Waals surface area contributed by atoms with E-state index in [1.54, 1.807) is 0 Å². The van der Waals surface area contributed by atoms with Crippen LogP contribution in [0.4, 0.5) is 62.6 Å². The molecule has 1 aliphatic carbocycles. The Labute approximate surface area is 552 Å². The van der Waals surface area contributed by atoms with Gasteiger partial charge in [0.2, 0.25) is 0 Å². The summed E-state index contributed by atoms with van der Waals surface area (Å²) < 4.78 is 0. The van der Waals surface area contributed by atoms with E-state index in [1.807, 2.05) is 0 Å². The average molecular weight is 1210 g/mol. The highest BCUT2D eigenvalue weighted by atomic mass is 15.2. The van der Waals surface area contributed by atoms with E-state index in [9.17, 15) is 0 Å². The fourth-order valence-corrected chi connectivity index (χ4v) is 12.9. The molecule has 15 rings (SSSR count). The van der Waals surface area contributed by atoms with Gasteiger partial charge < -0.3 is 19.6 Å². The molecule has 0 radical (unpaired) electrons. The van der Waals surface area contributed by atoms with E-state index in [-0.39, 0.29) is 6.04 Å². The smallest absolute Gasteiger partial charge is 0.0559 e. The standard InChI is InChI=1S/C90H68N4/c1-7-19-67(20-8-1)71-35-51-83(52-36-71)91(79-23-11-3-12-24-79)87-59-43-75(44-60-87)77-47-63-89(64-48-77)93(81-27-15-5-16-28-81)85-55-39-73(40-56-85)69-31-33-70(34-32-69)74-41-57-86(58-42-74)94(82-29-17-6-18-30-82)90-65-49-78(50-66-90)76-45-61-88(62-46-76)92(80-25-13-4-14-26-80)84-53-37-72(38-54-84)68-21-9-2-10-22-68/h1-29,31-66,82H,30H2. The zero-order valence-electron chi connectivity index (χ0n) is 52.1. The molecule has 0 spiro atoms. The van der Waals surface area contributed by atoms with Crippen LogP contribution in [0.1, 0.15) is 6.42 Å². The minimum absolute atomic E-state index is 0.182. The molecule has 0 aromatic heterocycles. The number of anilines is 11. The summed E-state index contributed by atoms with van der Waals surface area (Å²) in [5.41, 5.74) is 26.4. The topological polar surface area (TPSA) is 13.0 Å². The van der Waals surface area contributed by atoms with Crippen LogP contribution < -0.4 is 19.6 Å². The third kappa shape index (κ3) is 12.7. The highest BCUT2D eigenvalue weighted by Gasteiger charge is 2.21. The molecule has 0 saturated carbocycles. The fraction of sp³-hybridized carbons (Fsp3) is 0.0222. The molecule has 0 amide bonds. The second-order valence-corrected chi connectivity index (χ2v) is 23.7. The molecule has 1 unspecified atom stereocenters. The van der Waals surface area contributed by atoms with E-state index in [1.165, 1.54) is 50.1 Å². The van der Waals surface area contributed by atoms with Crippen LogP contribution in [-0.2, 0) is 0 Å². The summed E-state index contributed by atoms with van der Waals surface area (Å²) in [5, 5.41) is 0. The second-order valence-electron chi connectivity index (χ2n) is 23.7. The molecule has 4 heteroatoms. The maximum atomic E-state index is 2.46. The van der Waals surface area contributed by atoms with Crippen molar-refractivity contribution in [3.63, 3.8) is 0 Å². The van der Waals surface area contributed by atoms with Crippen molar-refractivity contribution in [1.82, 2.24) is 0 Å². The van der Waals surface area contributed by atoms with Crippen molar-refractivity contribution in [2.24, 2.45) is 0 Å². The van der Waals surface area contributed by atoms with E-state index in [2.05, 4.69) is 414 Å². The zero-order valence-corrected chi connectivity index (χ0v) is 52.1. The van der Waals surface area contributed by atoms with Gasteiger partial charge in [0, 0.05) is 62.6 Å². The molecular formula is C90H68N4. The maximum absolute atomic E-state index is 2.46. The molecule has 1 atom stereocenters. The van der Waals surface area contributed by atoms with Crippen molar-refractivity contribution in [1.29, 1.82) is 0 Å². The number of para-hydroxylation sites is 3. The first-order valence-corrected chi connectivity index (χ1v) is 32.3. The molecule has 0 heterocycles. The van der Waals surface area contributed by atoms with Gasteiger partial charge in [-0.05, 0) is 207 Å². The lowest BCUT2D eigenvalue weighted by Gasteiger charge is -2.33. The fourth-order valence-electron chi connectivity index (χ4n) is 12.9. The highest BCUT2D eigenvalue weighted by Crippen LogP contribution is 2.42. The Bertz CT molecular complexity index is 4810. The summed E-state index contributed by atoms with van der Waals surface area (Å²) in [6.07, 6.45) is 9.81. The van der Waals surface area contributed by atoms with E-state index in [0.717, 1.165) is 85.7 Å². The molecule has 448 valence electrons. The van der Waals surface area contributed by atoms with E-state index in [4.69, 9.17) is 0 Å². The predicted octanol–water partition coefficient (Wildman–Crippen LogP) is 25.1. The first-order chi connectivity index (χ1) is 46.6. The lowest BCUT2D eigenvalue weighted by atomic mass is 9.99. The summed E-state index contributed by atoms with van der Waals surface area (Å²) in [6.45, 7) is 0. The molecule has 0 bridgehead atoms. The van der Waals surface area contributed by atoms with Crippen molar-refractivity contribution in [3.05, 3.63) is 394 Å². The number of hydrogen-bond donors (Lipinski definition) is 0. The number of hydrogen-bond acceptors (Lipinski definition) is 4. The Kier molecular flexibility index (Phi) is 16.7. The number of benzene rings is 14. The first kappa shape index (κ1) is 58.2. The van der Waals surface area contributed by atoms with Crippen LogP contribution in [0.2, 0.25) is 0 Å². The number of nitrogens with zero attached hydrogens (tertiary/aromatic N) is 4. The predicted molar refractivity (Wildman–Crippen MR) is 398 cm³/mol. The lowest BCUT2D eigenvalue weighted by molar-refractivity contribution is 0.785. The molecule has 0 fully saturated rings. The molecule has 14 aromatic rings. The third-order valence-electron chi connectivity index (χ3n) is 17.8. The molecule has 0 saturated heterocycles. The van der Waals surface area contributed by atoms with E-state index < -0.39 is 0 Å². The number of rotatable bonds is 18. The van der Waals surface area contributed by atoms with E-state index in [0.29, 0.717) is 0 Å². The molecule has 0 aliphatic heterocycles. The van der Waals surface area contributed by atoms with Gasteiger partial charge in [-0.25, -0.2) is 0 Å². The van der Waals surface area contributed by atoms with Crippen LogP contribution in [0.3, 0.4) is 0 Å². The minimum atomic E-state index is 0.182. The van der Waals surface area contributed by atoms with E-state index >= 15 is 0 Å². The van der Waals surface area contributed by atoms with Crippen LogP contribution in [0.25, 0.3) is 66.8 Å². The Balaban J connectivity index is 0.626. The van der Waals surface area contributed by atoms with Crippen molar-refractivity contribution in [3.8, 4) is 66.8 Å². The largest absolute Gasteiger partial charge is 0.334 e. The molecule has 0 N–H and O–H groups in total. The number of allylic oxidation sites excluding steroid dienone is 2. The Morgan fingerprint density at radius 3 is 0.564 bits per heavy atom. The second kappa shape index (κ2) is 27.1. The van der Waals surface area contributed by atoms with Gasteiger partial charge in [-0.1, -0.05) is 261 Å². The summed E-state index contributed by atoms with van der Waals surface area (Å²) >= 11 is 0. The first-order valence-electron chi connectivity index (χ1n) is 32.3. The highest BCUT2D eigenvalue weighted by molar-refractivity contribution is 5.85. The van der Waals surface area contributed by atoms with Gasteiger partial charge in [0.25, 0.3) is 0 Å². The summed E-state index contributed by atoms with van der Waals surface area (Å²) in [6, 6.07) is 134. The van der Waals surface area contributed by atoms with Crippen molar-refractivity contribution in [2.75, 3.05) is 19.6 Å². The molecule has 94 heavy (non-hydrogen) atoms. The van der Waals surface area contributed by atoms with Crippen LogP contribution in [0.5, 0.6) is 0 Å². The van der Waals surface area contributed by atoms with Gasteiger partial charge in [0.15, 0.2) is 0 Å². The Morgan fingerprint density at radius 1 is 0.170 bits per heavy atom. The quantitative estimate of drug-likeness (QED) is 0.0849. The van der Waals surface area contributed by atoms with Gasteiger partial charge in [0.05, 0.1) is 6.04 Å². The third-order valence-corrected chi connectivity index (χ3v) is 17.8. The summed E-state index contributed by atoms with van der Waals surface area (Å²) in [7, 11) is 0. The summed E-state index contributed by atoms with van der Waals surface area (Å²) in [5.74, 6) is 0. The maximum Gasteiger partial charge on any atom is 0.0559 e. The molecule has 14 aromatic carbocycles. The van der Waals surface area contributed by atoms with Gasteiger partial charge in [-0.15, -0.1) is 0 Å². The Hall–Kier alpha value is -12.2. The minimum Gasteiger partial charge on any atom is -0.334 e. The molecule has 4 nitrogen and oxygen atoms in total. The summed E-state index contributed by atoms with van der Waals surface area (Å²) in [4.78, 5) is 9.43. The van der Waals surface area contributed by atoms with Crippen LogP contribution >= 0.6 is 0 Å². The van der Waals surface area contributed by atoms with Crippen molar-refractivity contribution >= 4 is 62.6 Å². The Morgan fingerprint density at radius 2 is 0.351 bits per heavy atom. The average Bonchev–Trinajstić information content (AvgIpc) is 0.950. The lowest BCUT2D eigenvalue weighted by Crippen LogP contribution is -2.29. The van der Waals surface area contributed by atoms with Crippen molar-refractivity contribution in [2.45, 2.75) is 12.5 Å². The van der Waals surface area contributed by atoms with Crippen LogP contribution in [-0.4, -0.2) is 6.04 Å². The van der Waals surface area contributed by atoms with Crippen molar-refractivity contribution < 1.29 is 0 Å². The normalized spacial score (nSPS) is 12.4. The van der Waals surface area contributed by atoms with Gasteiger partial charge in [-0.3, -0.25) is 0 Å². The van der Waals surface area contributed by atoms with Gasteiger partial charge >= 0.3 is 0 Å². The monoisotopic (exact) mass is 1200 g/mol. The van der Waals surface area contributed by atoms with Crippen LogP contribution in [0.15, 0.2) is 394 Å². The molecule has 1 aliphatic rings. The van der Waals surface area contributed by atoms with Gasteiger partial charge in [0.1, 0.15) is 0 Å². The van der Waals surface area contributed by atoms with Gasteiger partial charge in [-0.2, -0.15) is 0 Å². The van der Waals surface area contributed by atoms with Crippen LogP contribution in [0, 0.1) is 0 Å².